The Morgan fingerprint density at radius 2 is 1.64 bits per heavy atom. The van der Waals surface area contributed by atoms with Gasteiger partial charge in [-0.25, -0.2) is 0 Å². The summed E-state index contributed by atoms with van der Waals surface area (Å²) >= 11 is 0. The van der Waals surface area contributed by atoms with Crippen molar-refractivity contribution in [2.75, 3.05) is 34.5 Å². The standard InChI is InChI=1S/C11H24O3Si.C3H8O3.H2O/c1-5-8-11(12-2)9-6-7-10-15(11,13-3)14-4;4-1-3(6)2-5;/h5-10H2,1-4H3;3-6H,1-2H2;1H2. The number of ether oxygens (including phenoxy) is 1. The van der Waals surface area contributed by atoms with Crippen LogP contribution >= 0.6 is 0 Å². The van der Waals surface area contributed by atoms with Crippen molar-refractivity contribution >= 4 is 8.56 Å². The Balaban J connectivity index is 0. The highest BCUT2D eigenvalue weighted by atomic mass is 28.4. The first-order valence-electron chi connectivity index (χ1n) is 7.56. The van der Waals surface area contributed by atoms with Crippen LogP contribution in [0.5, 0.6) is 0 Å². The van der Waals surface area contributed by atoms with E-state index in [0.717, 1.165) is 25.3 Å². The zero-order chi connectivity index (χ0) is 16.4. The number of aliphatic hydroxyl groups is 3. The minimum Gasteiger partial charge on any atom is -0.412 e. The Kier molecular flexibility index (Phi) is 13.6. The molecule has 0 spiro atoms. The smallest absolute Gasteiger partial charge is 0.370 e. The maximum absolute atomic E-state index is 8.17. The summed E-state index contributed by atoms with van der Waals surface area (Å²) in [5, 5.41) is 23.9. The summed E-state index contributed by atoms with van der Waals surface area (Å²) < 4.78 is 17.4. The molecule has 22 heavy (non-hydrogen) atoms. The van der Waals surface area contributed by atoms with Gasteiger partial charge in [-0.05, 0) is 18.9 Å². The number of hydrogen-bond acceptors (Lipinski definition) is 6. The van der Waals surface area contributed by atoms with Gasteiger partial charge in [0.15, 0.2) is 0 Å². The van der Waals surface area contributed by atoms with Crippen molar-refractivity contribution in [1.29, 1.82) is 0 Å². The summed E-state index contributed by atoms with van der Waals surface area (Å²) in [7, 11) is 3.22. The van der Waals surface area contributed by atoms with Crippen LogP contribution in [0, 0.1) is 0 Å². The molecule has 0 aromatic heterocycles. The van der Waals surface area contributed by atoms with E-state index < -0.39 is 14.7 Å². The lowest BCUT2D eigenvalue weighted by atomic mass is 10.1. The molecule has 1 fully saturated rings. The fourth-order valence-corrected chi connectivity index (χ4v) is 6.97. The molecule has 1 rings (SSSR count). The highest BCUT2D eigenvalue weighted by molar-refractivity contribution is 6.70. The first kappa shape index (κ1) is 24.2. The Morgan fingerprint density at radius 3 is 1.95 bits per heavy atom. The topological polar surface area (TPSA) is 120 Å². The van der Waals surface area contributed by atoms with Crippen LogP contribution in [0.1, 0.15) is 39.0 Å². The zero-order valence-electron chi connectivity index (χ0n) is 14.3. The lowest BCUT2D eigenvalue weighted by Gasteiger charge is -2.47. The van der Waals surface area contributed by atoms with Crippen LogP contribution in [0.3, 0.4) is 0 Å². The number of methoxy groups -OCH3 is 1. The van der Waals surface area contributed by atoms with Crippen molar-refractivity contribution in [3.63, 3.8) is 0 Å². The van der Waals surface area contributed by atoms with Crippen LogP contribution in [-0.2, 0) is 13.6 Å². The molecule has 7 nitrogen and oxygen atoms in total. The summed E-state index contributed by atoms with van der Waals surface area (Å²) in [6, 6.07) is 1.06. The Labute approximate surface area is 134 Å². The van der Waals surface area contributed by atoms with Crippen LogP contribution in [0.2, 0.25) is 6.04 Å². The van der Waals surface area contributed by atoms with Gasteiger partial charge in [0.1, 0.15) is 11.3 Å². The van der Waals surface area contributed by atoms with E-state index in [9.17, 15) is 0 Å². The molecule has 1 saturated heterocycles. The Hall–Kier alpha value is -0.0631. The molecule has 0 aromatic rings. The maximum Gasteiger partial charge on any atom is 0.370 e. The molecular formula is C14H34O7Si. The molecule has 1 heterocycles. The molecule has 1 aliphatic heterocycles. The van der Waals surface area contributed by atoms with Gasteiger partial charge < -0.3 is 34.4 Å². The lowest BCUT2D eigenvalue weighted by molar-refractivity contribution is -0.0149. The van der Waals surface area contributed by atoms with Crippen molar-refractivity contribution in [3.8, 4) is 0 Å². The van der Waals surface area contributed by atoms with E-state index in [1.807, 2.05) is 0 Å². The molecule has 0 aromatic carbocycles. The van der Waals surface area contributed by atoms with Gasteiger partial charge in [0.25, 0.3) is 0 Å². The van der Waals surface area contributed by atoms with E-state index >= 15 is 0 Å². The predicted octanol–water partition coefficient (Wildman–Crippen LogP) is 0.137. The van der Waals surface area contributed by atoms with Crippen LogP contribution in [0.15, 0.2) is 0 Å². The third kappa shape index (κ3) is 5.86. The third-order valence-corrected chi connectivity index (χ3v) is 8.58. The fraction of sp³-hybridized carbons (Fsp3) is 1.00. The molecule has 5 N–H and O–H groups in total. The third-order valence-electron chi connectivity index (χ3n) is 4.16. The van der Waals surface area contributed by atoms with E-state index in [4.69, 9.17) is 28.9 Å². The van der Waals surface area contributed by atoms with Crippen molar-refractivity contribution in [2.45, 2.75) is 56.4 Å². The van der Waals surface area contributed by atoms with E-state index in [-0.39, 0.29) is 23.9 Å². The van der Waals surface area contributed by atoms with E-state index in [1.54, 1.807) is 21.3 Å². The van der Waals surface area contributed by atoms with E-state index in [2.05, 4.69) is 6.92 Å². The van der Waals surface area contributed by atoms with Crippen molar-refractivity contribution in [2.24, 2.45) is 0 Å². The summed E-state index contributed by atoms with van der Waals surface area (Å²) in [6.45, 7) is 1.47. The van der Waals surface area contributed by atoms with Crippen LogP contribution < -0.4 is 0 Å². The summed E-state index contributed by atoms with van der Waals surface area (Å²) in [5.41, 5.74) is 0. The molecule has 0 amide bonds. The molecular weight excluding hydrogens is 308 g/mol. The second kappa shape index (κ2) is 12.4. The monoisotopic (exact) mass is 342 g/mol. The van der Waals surface area contributed by atoms with Gasteiger partial charge in [-0.1, -0.05) is 26.2 Å². The Morgan fingerprint density at radius 1 is 1.09 bits per heavy atom. The first-order chi connectivity index (χ1) is 10.0. The molecule has 8 heteroatoms. The summed E-state index contributed by atoms with van der Waals surface area (Å²) in [4.78, 5) is 0. The van der Waals surface area contributed by atoms with Crippen LogP contribution in [0.4, 0.5) is 0 Å². The predicted molar refractivity (Wildman–Crippen MR) is 86.9 cm³/mol. The van der Waals surface area contributed by atoms with Crippen LogP contribution in [0.25, 0.3) is 0 Å². The average molecular weight is 343 g/mol. The second-order valence-corrected chi connectivity index (χ2v) is 9.07. The SMILES string of the molecule is CCCC1(OC)CCCC[Si]1(OC)OC.O.OCC(O)CO. The minimum atomic E-state index is -2.15. The fourth-order valence-electron chi connectivity index (χ4n) is 2.98. The zero-order valence-corrected chi connectivity index (χ0v) is 15.3. The van der Waals surface area contributed by atoms with E-state index in [1.165, 1.54) is 12.8 Å². The molecule has 0 radical (unpaired) electrons. The number of aliphatic hydroxyl groups excluding tert-OH is 3. The summed E-state index contributed by atoms with van der Waals surface area (Å²) in [5.74, 6) is 0. The van der Waals surface area contributed by atoms with Gasteiger partial charge in [0, 0.05) is 21.3 Å². The highest BCUT2D eigenvalue weighted by Gasteiger charge is 2.58. The largest absolute Gasteiger partial charge is 0.412 e. The second-order valence-electron chi connectivity index (χ2n) is 5.34. The van der Waals surface area contributed by atoms with Gasteiger partial charge in [-0.2, -0.15) is 0 Å². The molecule has 136 valence electrons. The summed E-state index contributed by atoms with van der Waals surface area (Å²) in [6.07, 6.45) is 4.75. The van der Waals surface area contributed by atoms with Gasteiger partial charge in [0.2, 0.25) is 0 Å². The van der Waals surface area contributed by atoms with Crippen molar-refractivity contribution in [1.82, 2.24) is 0 Å². The molecule has 0 aliphatic carbocycles. The van der Waals surface area contributed by atoms with E-state index in [0.29, 0.717) is 0 Å². The van der Waals surface area contributed by atoms with Crippen molar-refractivity contribution in [3.05, 3.63) is 0 Å². The quantitative estimate of drug-likeness (QED) is 0.566. The Bertz CT molecular complexity index is 256. The molecule has 0 bridgehead atoms. The minimum absolute atomic E-state index is 0. The van der Waals surface area contributed by atoms with Gasteiger partial charge in [0.05, 0.1) is 13.2 Å². The average Bonchev–Trinajstić information content (AvgIpc) is 2.55. The van der Waals surface area contributed by atoms with Gasteiger partial charge >= 0.3 is 8.56 Å². The molecule has 1 unspecified atom stereocenters. The van der Waals surface area contributed by atoms with Crippen molar-refractivity contribution < 1.29 is 34.4 Å². The van der Waals surface area contributed by atoms with Gasteiger partial charge in [-0.3, -0.25) is 0 Å². The van der Waals surface area contributed by atoms with Gasteiger partial charge in [-0.15, -0.1) is 0 Å². The normalized spacial score (nSPS) is 23.5. The van der Waals surface area contributed by atoms with Crippen LogP contribution in [-0.4, -0.2) is 75.2 Å². The highest BCUT2D eigenvalue weighted by Crippen LogP contribution is 2.42. The maximum atomic E-state index is 8.17. The molecule has 0 saturated carbocycles. The first-order valence-corrected chi connectivity index (χ1v) is 9.59. The molecule has 1 aliphatic rings. The molecule has 1 atom stereocenters. The number of hydrogen-bond donors (Lipinski definition) is 3. The lowest BCUT2D eigenvalue weighted by Crippen LogP contribution is -2.64. The number of rotatable bonds is 7.